The molecule has 0 spiro atoms. The van der Waals surface area contributed by atoms with E-state index in [1.807, 2.05) is 0 Å². The molecule has 0 fully saturated rings. The van der Waals surface area contributed by atoms with Gasteiger partial charge in [-0.2, -0.15) is 0 Å². The van der Waals surface area contributed by atoms with E-state index in [0.29, 0.717) is 11.8 Å². The molecule has 0 heterocycles. The van der Waals surface area contributed by atoms with Crippen LogP contribution >= 0.6 is 0 Å². The molecule has 0 aromatic heterocycles. The van der Waals surface area contributed by atoms with Crippen LogP contribution in [0.5, 0.6) is 0 Å². The second-order valence-electron chi connectivity index (χ2n) is 5.46. The van der Waals surface area contributed by atoms with E-state index in [1.165, 1.54) is 27.8 Å². The first-order valence-electron chi connectivity index (χ1n) is 6.20. The summed E-state index contributed by atoms with van der Waals surface area (Å²) < 4.78 is 0. The van der Waals surface area contributed by atoms with Crippen molar-refractivity contribution in [2.75, 3.05) is 0 Å². The van der Waals surface area contributed by atoms with Crippen LogP contribution in [-0.4, -0.2) is 0 Å². The molecule has 0 N–H and O–H groups in total. The summed E-state index contributed by atoms with van der Waals surface area (Å²) in [6.45, 7) is 11.3. The average Bonchev–Trinajstić information content (AvgIpc) is 2.55. The first-order valence-corrected chi connectivity index (χ1v) is 6.20. The molecule has 0 saturated heterocycles. The first kappa shape index (κ1) is 14.9. The molecule has 0 saturated carbocycles. The summed E-state index contributed by atoms with van der Waals surface area (Å²) in [5.74, 6) is 1.21. The molecule has 0 nitrogen and oxygen atoms in total. The fourth-order valence-corrected chi connectivity index (χ4v) is 2.33. The zero-order valence-corrected chi connectivity index (χ0v) is 15.1. The summed E-state index contributed by atoms with van der Waals surface area (Å²) in [5, 5.41) is 0. The first-order chi connectivity index (χ1) is 7.49. The van der Waals surface area contributed by atoms with Crippen molar-refractivity contribution < 1.29 is 25.8 Å². The Balaban J connectivity index is 0.00000144. The Hall–Kier alpha value is -0.170. The Bertz CT molecular complexity index is 439. The molecule has 0 atom stereocenters. The van der Waals surface area contributed by atoms with Gasteiger partial charge in [0.05, 0.1) is 0 Å². The van der Waals surface area contributed by atoms with Gasteiger partial charge in [-0.25, -0.2) is 0 Å². The van der Waals surface area contributed by atoms with Gasteiger partial charge < -0.3 is 0 Å². The maximum atomic E-state index is 2.39. The van der Waals surface area contributed by atoms with Gasteiger partial charge in [0.1, 0.15) is 0 Å². The van der Waals surface area contributed by atoms with Crippen molar-refractivity contribution in [2.24, 2.45) is 0 Å². The van der Waals surface area contributed by atoms with E-state index in [4.69, 9.17) is 0 Å². The Morgan fingerprint density at radius 2 is 1.59 bits per heavy atom. The van der Waals surface area contributed by atoms with Crippen molar-refractivity contribution in [1.82, 2.24) is 0 Å². The summed E-state index contributed by atoms with van der Waals surface area (Å²) in [7, 11) is 0. The molecule has 17 heavy (non-hydrogen) atoms. The van der Waals surface area contributed by atoms with Gasteiger partial charge in [-0.05, 0) is 41.0 Å². The molecule has 89 valence electrons. The maximum absolute atomic E-state index is 2.39. The van der Waals surface area contributed by atoms with E-state index in [1.54, 1.807) is 0 Å². The van der Waals surface area contributed by atoms with Gasteiger partial charge in [0.15, 0.2) is 0 Å². The van der Waals surface area contributed by atoms with Crippen molar-refractivity contribution in [3.8, 4) is 0 Å². The second-order valence-corrected chi connectivity index (χ2v) is 5.46. The van der Waals surface area contributed by atoms with Crippen LogP contribution in [0.1, 0.15) is 68.7 Å². The third-order valence-corrected chi connectivity index (χ3v) is 3.31. The molecule has 0 bridgehead atoms. The van der Waals surface area contributed by atoms with Crippen molar-refractivity contribution in [3.63, 3.8) is 0 Å². The van der Waals surface area contributed by atoms with Gasteiger partial charge in [0.25, 0.3) is 0 Å². The van der Waals surface area contributed by atoms with Crippen LogP contribution in [0.25, 0.3) is 6.08 Å². The van der Waals surface area contributed by atoms with Crippen LogP contribution in [0.3, 0.4) is 0 Å². The van der Waals surface area contributed by atoms with E-state index in [2.05, 4.69) is 59.2 Å². The molecule has 0 aliphatic heterocycles. The zero-order valence-electron chi connectivity index (χ0n) is 11.5. The molecule has 0 amide bonds. The predicted octanol–water partition coefficient (Wildman–Crippen LogP) is 4.90. The second kappa shape index (κ2) is 5.65. The number of rotatable bonds is 2. The normalized spacial score (nSPS) is 13.7. The minimum Gasteiger partial charge on any atom is -0.0642 e. The number of benzene rings is 1. The van der Waals surface area contributed by atoms with Gasteiger partial charge in [0, 0.05) is 32.3 Å². The van der Waals surface area contributed by atoms with E-state index in [-0.39, 0.29) is 25.8 Å². The van der Waals surface area contributed by atoms with Crippen LogP contribution < -0.4 is 0 Å². The van der Waals surface area contributed by atoms with Gasteiger partial charge in [-0.15, -0.1) is 0 Å². The Morgan fingerprint density at radius 3 is 2.12 bits per heavy atom. The van der Waals surface area contributed by atoms with E-state index < -0.39 is 0 Å². The molecular weight excluding hydrogens is 371 g/mol. The third kappa shape index (κ3) is 2.99. The number of allylic oxidation sites excluding steroid dienone is 1. The number of hydrogen-bond donors (Lipinski definition) is 0. The molecule has 1 aromatic carbocycles. The molecule has 1 aromatic rings. The van der Waals surface area contributed by atoms with Gasteiger partial charge in [0.2, 0.25) is 0 Å². The topological polar surface area (TPSA) is 0 Å². The Labute approximate surface area is 124 Å². The molecule has 1 heteroatoms. The summed E-state index contributed by atoms with van der Waals surface area (Å²) in [6.07, 6.45) is 4.61. The van der Waals surface area contributed by atoms with Crippen molar-refractivity contribution in [3.05, 3.63) is 46.4 Å². The molecule has 1 aliphatic carbocycles. The van der Waals surface area contributed by atoms with Gasteiger partial charge in [-0.3, -0.25) is 0 Å². The minimum absolute atomic E-state index is 0. The van der Waals surface area contributed by atoms with E-state index >= 15 is 0 Å². The predicted molar refractivity (Wildman–Crippen MR) is 71.7 cm³/mol. The van der Waals surface area contributed by atoms with Gasteiger partial charge in [-0.1, -0.05) is 51.5 Å². The molecular formula is C16H21Hf. The number of hydrogen-bond acceptors (Lipinski definition) is 0. The third-order valence-electron chi connectivity index (χ3n) is 3.31. The fraction of sp³-hybridized carbons (Fsp3) is 0.438. The summed E-state index contributed by atoms with van der Waals surface area (Å²) in [5.41, 5.74) is 7.18. The smallest absolute Gasteiger partial charge is 0.0161 e. The van der Waals surface area contributed by atoms with Gasteiger partial charge >= 0.3 is 0 Å². The maximum Gasteiger partial charge on any atom is 0.0161 e. The van der Waals surface area contributed by atoms with Crippen LogP contribution in [0.2, 0.25) is 0 Å². The van der Waals surface area contributed by atoms with Crippen LogP contribution in [0.15, 0.2) is 17.7 Å². The molecule has 2 rings (SSSR count). The summed E-state index contributed by atoms with van der Waals surface area (Å²) >= 11 is 0. The zero-order chi connectivity index (χ0) is 11.9. The van der Waals surface area contributed by atoms with E-state index in [9.17, 15) is 0 Å². The largest absolute Gasteiger partial charge is 0.0642 e. The summed E-state index contributed by atoms with van der Waals surface area (Å²) in [6, 6.07) is 4.73. The molecule has 0 unspecified atom stereocenters. The molecule has 1 radical (unpaired) electrons. The standard InChI is InChI=1S/C16H21.Hf/c1-10(2)13-8-14-6-12(5)7-16(14)15(9-13)11(3)4;/h6-11H,1-5H3;. The van der Waals surface area contributed by atoms with Crippen LogP contribution in [-0.2, 0) is 25.8 Å². The van der Waals surface area contributed by atoms with E-state index in [0.717, 1.165) is 0 Å². The van der Waals surface area contributed by atoms with Crippen molar-refractivity contribution in [2.45, 2.75) is 46.5 Å². The quantitative estimate of drug-likeness (QED) is 0.629. The minimum atomic E-state index is 0. The average molecular weight is 392 g/mol. The van der Waals surface area contributed by atoms with Crippen LogP contribution in [0, 0.1) is 6.42 Å². The fourth-order valence-electron chi connectivity index (χ4n) is 2.33. The SMILES string of the molecule is CC1=Cc2c(cc(C(C)C)cc2C(C)C)[CH]1.[Hf]. The monoisotopic (exact) mass is 393 g/mol. The Kier molecular flexibility index (Phi) is 4.95. The van der Waals surface area contributed by atoms with Crippen molar-refractivity contribution in [1.29, 1.82) is 0 Å². The number of fused-ring (bicyclic) bond motifs is 1. The summed E-state index contributed by atoms with van der Waals surface area (Å²) in [4.78, 5) is 0. The Morgan fingerprint density at radius 1 is 0.941 bits per heavy atom. The van der Waals surface area contributed by atoms with Crippen LogP contribution in [0.4, 0.5) is 0 Å². The van der Waals surface area contributed by atoms with Crippen molar-refractivity contribution >= 4 is 6.08 Å². The molecule has 1 aliphatic rings.